The van der Waals surface area contributed by atoms with Gasteiger partial charge in [-0.05, 0) is 45.4 Å². The Bertz CT molecular complexity index is 298. The maximum atomic E-state index is 11.7. The van der Waals surface area contributed by atoms with Gasteiger partial charge in [-0.15, -0.1) is 0 Å². The van der Waals surface area contributed by atoms with Crippen molar-refractivity contribution in [3.05, 3.63) is 0 Å². The van der Waals surface area contributed by atoms with Crippen molar-refractivity contribution >= 4 is 6.09 Å². The van der Waals surface area contributed by atoms with E-state index < -0.39 is 5.60 Å². The number of fused-ring (bicyclic) bond motifs is 1. The van der Waals surface area contributed by atoms with E-state index in [1.165, 1.54) is 19.3 Å². The third-order valence-corrected chi connectivity index (χ3v) is 3.99. The van der Waals surface area contributed by atoms with Gasteiger partial charge < -0.3 is 15.2 Å². The van der Waals surface area contributed by atoms with Gasteiger partial charge in [-0.1, -0.05) is 6.42 Å². The summed E-state index contributed by atoms with van der Waals surface area (Å²) in [6.07, 6.45) is 3.23. The Labute approximate surface area is 103 Å². The summed E-state index contributed by atoms with van der Waals surface area (Å²) >= 11 is 0. The highest BCUT2D eigenvalue weighted by molar-refractivity contribution is 5.68. The van der Waals surface area contributed by atoms with Crippen LogP contribution in [0.25, 0.3) is 0 Å². The van der Waals surface area contributed by atoms with Crippen molar-refractivity contribution in [2.45, 2.75) is 51.7 Å². The van der Waals surface area contributed by atoms with Gasteiger partial charge in [0.2, 0.25) is 0 Å². The fraction of sp³-hybridized carbons (Fsp3) is 0.923. The molecule has 1 amide bonds. The van der Waals surface area contributed by atoms with Gasteiger partial charge >= 0.3 is 6.09 Å². The van der Waals surface area contributed by atoms with Gasteiger partial charge in [0.05, 0.1) is 0 Å². The van der Waals surface area contributed by atoms with Crippen LogP contribution in [0.5, 0.6) is 0 Å². The molecular weight excluding hydrogens is 218 g/mol. The molecule has 0 spiro atoms. The summed E-state index contributed by atoms with van der Waals surface area (Å²) < 4.78 is 5.25. The van der Waals surface area contributed by atoms with Crippen molar-refractivity contribution in [2.75, 3.05) is 6.61 Å². The lowest BCUT2D eigenvalue weighted by Crippen LogP contribution is -2.59. The molecule has 2 aliphatic rings. The van der Waals surface area contributed by atoms with Gasteiger partial charge in [0.25, 0.3) is 0 Å². The van der Waals surface area contributed by atoms with Crippen LogP contribution in [0, 0.1) is 17.8 Å². The Morgan fingerprint density at radius 2 is 2.00 bits per heavy atom. The molecule has 2 aliphatic carbocycles. The predicted molar refractivity (Wildman–Crippen MR) is 64.6 cm³/mol. The minimum atomic E-state index is -0.461. The molecule has 0 aliphatic heterocycles. The number of rotatable bonds is 2. The van der Waals surface area contributed by atoms with Crippen LogP contribution in [0.15, 0.2) is 0 Å². The molecule has 0 radical (unpaired) electrons. The van der Waals surface area contributed by atoms with Crippen molar-refractivity contribution in [3.63, 3.8) is 0 Å². The van der Waals surface area contributed by atoms with E-state index in [1.807, 2.05) is 20.8 Å². The number of hydrogen-bond acceptors (Lipinski definition) is 3. The highest BCUT2D eigenvalue weighted by atomic mass is 16.6. The molecule has 17 heavy (non-hydrogen) atoms. The lowest BCUT2D eigenvalue weighted by atomic mass is 9.62. The predicted octanol–water partition coefficient (Wildman–Crippen LogP) is 1.92. The largest absolute Gasteiger partial charge is 0.444 e. The number of alkyl carbamates (subject to hydrolysis) is 1. The topological polar surface area (TPSA) is 58.6 Å². The second-order valence-electron chi connectivity index (χ2n) is 6.28. The van der Waals surface area contributed by atoms with E-state index in [2.05, 4.69) is 5.32 Å². The van der Waals surface area contributed by atoms with Crippen molar-refractivity contribution in [2.24, 2.45) is 17.8 Å². The molecule has 2 rings (SSSR count). The van der Waals surface area contributed by atoms with E-state index in [1.54, 1.807) is 0 Å². The SMILES string of the molecule is CC(C)(C)OC(=O)N[C@H]1[C@H](CO)[C@@H]2CCC[C@@H]21. The van der Waals surface area contributed by atoms with E-state index in [0.717, 1.165) is 0 Å². The second kappa shape index (κ2) is 4.48. The summed E-state index contributed by atoms with van der Waals surface area (Å²) in [4.78, 5) is 11.7. The lowest BCUT2D eigenvalue weighted by Gasteiger charge is -2.48. The minimum absolute atomic E-state index is 0.113. The maximum Gasteiger partial charge on any atom is 0.407 e. The standard InChI is InChI=1S/C13H23NO3/c1-13(2,3)17-12(16)14-11-9-6-4-5-8(9)10(11)7-15/h8-11,15H,4-7H2,1-3H3,(H,14,16)/t8-,9+,10-,11-/m1/s1. The zero-order valence-electron chi connectivity index (χ0n) is 10.9. The third kappa shape index (κ3) is 2.57. The van der Waals surface area contributed by atoms with E-state index in [4.69, 9.17) is 4.74 Å². The van der Waals surface area contributed by atoms with Crippen LogP contribution in [-0.2, 0) is 4.74 Å². The van der Waals surface area contributed by atoms with Crippen molar-refractivity contribution in [1.29, 1.82) is 0 Å². The molecule has 0 bridgehead atoms. The quantitative estimate of drug-likeness (QED) is 0.776. The van der Waals surface area contributed by atoms with Crippen molar-refractivity contribution in [1.82, 2.24) is 5.32 Å². The van der Waals surface area contributed by atoms with Crippen LogP contribution in [0.1, 0.15) is 40.0 Å². The smallest absolute Gasteiger partial charge is 0.407 e. The fourth-order valence-electron chi connectivity index (χ4n) is 3.34. The summed E-state index contributed by atoms with van der Waals surface area (Å²) in [5.74, 6) is 1.40. The van der Waals surface area contributed by atoms with E-state index >= 15 is 0 Å². The number of ether oxygens (including phenoxy) is 1. The number of amides is 1. The first-order chi connectivity index (χ1) is 7.92. The van der Waals surface area contributed by atoms with Crippen molar-refractivity contribution < 1.29 is 14.6 Å². The highest BCUT2D eigenvalue weighted by Crippen LogP contribution is 2.51. The molecule has 4 atom stereocenters. The molecule has 4 heteroatoms. The van der Waals surface area contributed by atoms with Gasteiger partial charge in [-0.25, -0.2) is 4.79 Å². The summed E-state index contributed by atoms with van der Waals surface area (Å²) in [6.45, 7) is 5.74. The average Bonchev–Trinajstić information content (AvgIpc) is 2.57. The Morgan fingerprint density at radius 3 is 2.59 bits per heavy atom. The highest BCUT2D eigenvalue weighted by Gasteiger charge is 2.52. The molecule has 0 aromatic rings. The normalized spacial score (nSPS) is 36.0. The van der Waals surface area contributed by atoms with Crippen LogP contribution < -0.4 is 5.32 Å². The molecule has 2 N–H and O–H groups in total. The van der Waals surface area contributed by atoms with Gasteiger partial charge in [-0.2, -0.15) is 0 Å². The molecule has 98 valence electrons. The Morgan fingerprint density at radius 1 is 1.35 bits per heavy atom. The van der Waals surface area contributed by atoms with Gasteiger partial charge in [0, 0.05) is 18.6 Å². The molecule has 0 aromatic heterocycles. The Kier molecular flexibility index (Phi) is 3.34. The van der Waals surface area contributed by atoms with Crippen LogP contribution in [0.3, 0.4) is 0 Å². The van der Waals surface area contributed by atoms with Crippen LogP contribution >= 0.6 is 0 Å². The van der Waals surface area contributed by atoms with Crippen molar-refractivity contribution in [3.8, 4) is 0 Å². The summed E-state index contributed by atoms with van der Waals surface area (Å²) in [7, 11) is 0. The van der Waals surface area contributed by atoms with Gasteiger partial charge in [0.15, 0.2) is 0 Å². The summed E-state index contributed by atoms with van der Waals surface area (Å²) in [6, 6.07) is 0.113. The molecular formula is C13H23NO3. The first kappa shape index (κ1) is 12.7. The lowest BCUT2D eigenvalue weighted by molar-refractivity contribution is -0.0133. The number of hydrogen-bond donors (Lipinski definition) is 2. The maximum absolute atomic E-state index is 11.7. The van der Waals surface area contributed by atoms with Crippen LogP contribution in [0.4, 0.5) is 4.79 Å². The Hall–Kier alpha value is -0.770. The van der Waals surface area contributed by atoms with Crippen LogP contribution in [0.2, 0.25) is 0 Å². The average molecular weight is 241 g/mol. The van der Waals surface area contributed by atoms with Gasteiger partial charge in [0.1, 0.15) is 5.60 Å². The zero-order valence-corrected chi connectivity index (χ0v) is 10.9. The third-order valence-electron chi connectivity index (χ3n) is 3.99. The number of aliphatic hydroxyl groups excluding tert-OH is 1. The van der Waals surface area contributed by atoms with E-state index in [-0.39, 0.29) is 24.7 Å². The molecule has 2 fully saturated rings. The molecule has 0 aromatic carbocycles. The first-order valence-electron chi connectivity index (χ1n) is 6.53. The van der Waals surface area contributed by atoms with E-state index in [9.17, 15) is 9.90 Å². The Balaban J connectivity index is 1.88. The minimum Gasteiger partial charge on any atom is -0.444 e. The molecule has 2 saturated carbocycles. The van der Waals surface area contributed by atoms with Gasteiger partial charge in [-0.3, -0.25) is 0 Å². The number of carbonyl (C=O) groups is 1. The zero-order chi connectivity index (χ0) is 12.6. The first-order valence-corrected chi connectivity index (χ1v) is 6.53. The molecule has 4 nitrogen and oxygen atoms in total. The molecule has 0 heterocycles. The van der Waals surface area contributed by atoms with Crippen LogP contribution in [-0.4, -0.2) is 29.4 Å². The number of nitrogens with one attached hydrogen (secondary N) is 1. The summed E-state index contributed by atoms with van der Waals surface area (Å²) in [5, 5.41) is 12.3. The number of carbonyl (C=O) groups excluding carboxylic acids is 1. The fourth-order valence-corrected chi connectivity index (χ4v) is 3.34. The molecule has 0 saturated heterocycles. The molecule has 0 unspecified atom stereocenters. The second-order valence-corrected chi connectivity index (χ2v) is 6.28. The van der Waals surface area contributed by atoms with E-state index in [0.29, 0.717) is 11.8 Å². The summed E-state index contributed by atoms with van der Waals surface area (Å²) in [5.41, 5.74) is -0.461. The monoisotopic (exact) mass is 241 g/mol. The number of aliphatic hydroxyl groups is 1.